The Morgan fingerprint density at radius 1 is 1.39 bits per heavy atom. The van der Waals surface area contributed by atoms with E-state index in [2.05, 4.69) is 5.32 Å². The van der Waals surface area contributed by atoms with Crippen molar-refractivity contribution < 1.29 is 4.79 Å². The summed E-state index contributed by atoms with van der Waals surface area (Å²) in [5, 5.41) is 3.07. The van der Waals surface area contributed by atoms with Gasteiger partial charge in [0.25, 0.3) is 0 Å². The Balaban J connectivity index is 2.39. The molecule has 4 nitrogen and oxygen atoms in total. The van der Waals surface area contributed by atoms with E-state index in [1.54, 1.807) is 4.90 Å². The summed E-state index contributed by atoms with van der Waals surface area (Å²) in [6.45, 7) is 1.68. The first-order valence-electron chi connectivity index (χ1n) is 6.34. The monoisotopic (exact) mass is 249 g/mol. The molecule has 0 aliphatic carbocycles. The summed E-state index contributed by atoms with van der Waals surface area (Å²) in [4.78, 5) is 13.7. The Morgan fingerprint density at radius 3 is 2.67 bits per heavy atom. The van der Waals surface area contributed by atoms with E-state index >= 15 is 0 Å². The Morgan fingerprint density at radius 2 is 2.06 bits per heavy atom. The fourth-order valence-electron chi connectivity index (χ4n) is 1.78. The molecule has 1 amide bonds. The maximum absolute atomic E-state index is 11.9. The van der Waals surface area contributed by atoms with Crippen molar-refractivity contribution in [1.82, 2.24) is 10.2 Å². The first-order chi connectivity index (χ1) is 8.65. The first kappa shape index (κ1) is 14.7. The van der Waals surface area contributed by atoms with Gasteiger partial charge in [-0.25, -0.2) is 0 Å². The van der Waals surface area contributed by atoms with Gasteiger partial charge >= 0.3 is 0 Å². The van der Waals surface area contributed by atoms with Gasteiger partial charge in [0.15, 0.2) is 0 Å². The molecule has 0 aliphatic heterocycles. The largest absolute Gasteiger partial charge is 0.346 e. The lowest BCUT2D eigenvalue weighted by Gasteiger charge is -2.19. The second-order valence-corrected chi connectivity index (χ2v) is 4.49. The lowest BCUT2D eigenvalue weighted by Crippen LogP contribution is -2.31. The standard InChI is InChI=1S/C14H23N3O/c1-16-9-6-10-17(2)14(18)11-13(15)12-7-4-3-5-8-12/h3-5,7-8,13,16H,6,9-11,15H2,1-2H3. The van der Waals surface area contributed by atoms with Crippen LogP contribution < -0.4 is 11.1 Å². The zero-order valence-electron chi connectivity index (χ0n) is 11.2. The molecule has 0 saturated heterocycles. The lowest BCUT2D eigenvalue weighted by molar-refractivity contribution is -0.130. The molecule has 4 heteroatoms. The van der Waals surface area contributed by atoms with E-state index in [-0.39, 0.29) is 11.9 Å². The van der Waals surface area contributed by atoms with Crippen LogP contribution in [0.15, 0.2) is 30.3 Å². The van der Waals surface area contributed by atoms with E-state index in [9.17, 15) is 4.79 Å². The molecule has 1 atom stereocenters. The quantitative estimate of drug-likeness (QED) is 0.713. The highest BCUT2D eigenvalue weighted by Gasteiger charge is 2.14. The molecular formula is C14H23N3O. The van der Waals surface area contributed by atoms with Crippen LogP contribution in [0.4, 0.5) is 0 Å². The van der Waals surface area contributed by atoms with Crippen molar-refractivity contribution >= 4 is 5.91 Å². The molecule has 0 heterocycles. The zero-order valence-corrected chi connectivity index (χ0v) is 11.2. The van der Waals surface area contributed by atoms with Crippen molar-refractivity contribution in [2.24, 2.45) is 5.73 Å². The molecule has 0 bridgehead atoms. The topological polar surface area (TPSA) is 58.4 Å². The van der Waals surface area contributed by atoms with Crippen molar-refractivity contribution in [1.29, 1.82) is 0 Å². The van der Waals surface area contributed by atoms with Crippen LogP contribution in [0.2, 0.25) is 0 Å². The van der Waals surface area contributed by atoms with Crippen LogP contribution in [0.5, 0.6) is 0 Å². The molecule has 0 aliphatic rings. The molecular weight excluding hydrogens is 226 g/mol. The van der Waals surface area contributed by atoms with Gasteiger partial charge in [-0.1, -0.05) is 30.3 Å². The Bertz CT molecular complexity index is 353. The smallest absolute Gasteiger partial charge is 0.224 e. The summed E-state index contributed by atoms with van der Waals surface area (Å²) in [6.07, 6.45) is 1.32. The van der Waals surface area contributed by atoms with Crippen molar-refractivity contribution in [3.05, 3.63) is 35.9 Å². The number of hydrogen-bond donors (Lipinski definition) is 2. The third kappa shape index (κ3) is 4.85. The van der Waals surface area contributed by atoms with Gasteiger partial charge in [-0.3, -0.25) is 4.79 Å². The van der Waals surface area contributed by atoms with Gasteiger partial charge in [0.2, 0.25) is 5.91 Å². The molecule has 18 heavy (non-hydrogen) atoms. The van der Waals surface area contributed by atoms with E-state index in [1.165, 1.54) is 0 Å². The summed E-state index contributed by atoms with van der Waals surface area (Å²) in [5.41, 5.74) is 7.04. The fraction of sp³-hybridized carbons (Fsp3) is 0.500. The van der Waals surface area contributed by atoms with Crippen molar-refractivity contribution in [3.8, 4) is 0 Å². The second kappa shape index (κ2) is 7.84. The number of benzene rings is 1. The van der Waals surface area contributed by atoms with Gasteiger partial charge in [0, 0.05) is 26.1 Å². The number of carbonyl (C=O) groups is 1. The SMILES string of the molecule is CNCCCN(C)C(=O)CC(N)c1ccccc1. The minimum Gasteiger partial charge on any atom is -0.346 e. The van der Waals surface area contributed by atoms with Gasteiger partial charge in [0.1, 0.15) is 0 Å². The van der Waals surface area contributed by atoms with E-state index in [4.69, 9.17) is 5.73 Å². The van der Waals surface area contributed by atoms with Gasteiger partial charge in [-0.2, -0.15) is 0 Å². The number of nitrogens with zero attached hydrogens (tertiary/aromatic N) is 1. The average Bonchev–Trinajstić information content (AvgIpc) is 2.39. The lowest BCUT2D eigenvalue weighted by atomic mass is 10.0. The number of nitrogens with two attached hydrogens (primary N) is 1. The van der Waals surface area contributed by atoms with Crippen LogP contribution in [0.3, 0.4) is 0 Å². The average molecular weight is 249 g/mol. The maximum atomic E-state index is 11.9. The highest BCUT2D eigenvalue weighted by atomic mass is 16.2. The molecule has 0 radical (unpaired) electrons. The Labute approximate surface area is 109 Å². The van der Waals surface area contributed by atoms with E-state index in [0.717, 1.165) is 25.1 Å². The van der Waals surface area contributed by atoms with E-state index in [1.807, 2.05) is 44.4 Å². The summed E-state index contributed by atoms with van der Waals surface area (Å²) in [5.74, 6) is 0.0995. The van der Waals surface area contributed by atoms with Gasteiger partial charge in [0.05, 0.1) is 0 Å². The normalized spacial score (nSPS) is 12.2. The molecule has 1 aromatic carbocycles. The Kier molecular flexibility index (Phi) is 6.39. The predicted octanol–water partition coefficient (Wildman–Crippen LogP) is 1.14. The number of carbonyl (C=O) groups excluding carboxylic acids is 1. The number of nitrogens with one attached hydrogen (secondary N) is 1. The third-order valence-electron chi connectivity index (χ3n) is 2.97. The second-order valence-electron chi connectivity index (χ2n) is 4.49. The van der Waals surface area contributed by atoms with Crippen LogP contribution in [-0.4, -0.2) is 38.0 Å². The van der Waals surface area contributed by atoms with E-state index in [0.29, 0.717) is 6.42 Å². The van der Waals surface area contributed by atoms with Gasteiger partial charge < -0.3 is 16.0 Å². The molecule has 0 aromatic heterocycles. The number of amides is 1. The van der Waals surface area contributed by atoms with Crippen LogP contribution in [0, 0.1) is 0 Å². The van der Waals surface area contributed by atoms with Gasteiger partial charge in [-0.05, 0) is 25.6 Å². The first-order valence-corrected chi connectivity index (χ1v) is 6.34. The molecule has 100 valence electrons. The summed E-state index contributed by atoms with van der Waals surface area (Å²) in [6, 6.07) is 9.53. The maximum Gasteiger partial charge on any atom is 0.224 e. The Hall–Kier alpha value is -1.39. The summed E-state index contributed by atoms with van der Waals surface area (Å²) < 4.78 is 0. The van der Waals surface area contributed by atoms with Crippen LogP contribution in [0.25, 0.3) is 0 Å². The third-order valence-corrected chi connectivity index (χ3v) is 2.97. The summed E-state index contributed by atoms with van der Waals surface area (Å²) in [7, 11) is 3.74. The van der Waals surface area contributed by atoms with Crippen molar-refractivity contribution in [3.63, 3.8) is 0 Å². The predicted molar refractivity (Wildman–Crippen MR) is 74.2 cm³/mol. The summed E-state index contributed by atoms with van der Waals surface area (Å²) >= 11 is 0. The molecule has 0 saturated carbocycles. The highest BCUT2D eigenvalue weighted by Crippen LogP contribution is 2.14. The van der Waals surface area contributed by atoms with Crippen molar-refractivity contribution in [2.45, 2.75) is 18.9 Å². The molecule has 0 fully saturated rings. The van der Waals surface area contributed by atoms with Gasteiger partial charge in [-0.15, -0.1) is 0 Å². The molecule has 1 rings (SSSR count). The number of rotatable bonds is 7. The fourth-order valence-corrected chi connectivity index (χ4v) is 1.78. The molecule has 0 spiro atoms. The highest BCUT2D eigenvalue weighted by molar-refractivity contribution is 5.76. The van der Waals surface area contributed by atoms with Crippen molar-refractivity contribution in [2.75, 3.05) is 27.2 Å². The van der Waals surface area contributed by atoms with Crippen LogP contribution in [-0.2, 0) is 4.79 Å². The molecule has 1 aromatic rings. The minimum absolute atomic E-state index is 0.0995. The van der Waals surface area contributed by atoms with Crippen LogP contribution >= 0.6 is 0 Å². The number of hydrogen-bond acceptors (Lipinski definition) is 3. The molecule has 3 N–H and O–H groups in total. The zero-order chi connectivity index (χ0) is 13.4. The van der Waals surface area contributed by atoms with Crippen LogP contribution in [0.1, 0.15) is 24.4 Å². The van der Waals surface area contributed by atoms with E-state index < -0.39 is 0 Å². The molecule has 1 unspecified atom stereocenters. The minimum atomic E-state index is -0.217.